The minimum Gasteiger partial charge on any atom is -0.444 e. The highest BCUT2D eigenvalue weighted by Gasteiger charge is 2.60. The Labute approximate surface area is 106 Å². The summed E-state index contributed by atoms with van der Waals surface area (Å²) in [5.74, 6) is -2.75. The SMILES string of the molecule is CC(C)(C)OC(=O)N1CCC2(CNCC2(F)F)C1. The Morgan fingerprint density at radius 2 is 2.00 bits per heavy atom. The van der Waals surface area contributed by atoms with Gasteiger partial charge in [-0.2, -0.15) is 0 Å². The maximum absolute atomic E-state index is 13.8. The fourth-order valence-electron chi connectivity index (χ4n) is 2.57. The molecular formula is C12H20F2N2O2. The lowest BCUT2D eigenvalue weighted by atomic mass is 9.83. The summed E-state index contributed by atoms with van der Waals surface area (Å²) in [6, 6.07) is 0. The summed E-state index contributed by atoms with van der Waals surface area (Å²) in [7, 11) is 0. The maximum Gasteiger partial charge on any atom is 0.410 e. The highest BCUT2D eigenvalue weighted by Crippen LogP contribution is 2.46. The standard InChI is InChI=1S/C12H20F2N2O2/c1-10(2,3)18-9(17)16-5-4-11(8-16)6-15-7-12(11,13)14/h15H,4-8H2,1-3H3. The molecule has 104 valence electrons. The zero-order valence-electron chi connectivity index (χ0n) is 11.1. The van der Waals surface area contributed by atoms with Crippen LogP contribution < -0.4 is 5.32 Å². The second kappa shape index (κ2) is 4.05. The third-order valence-electron chi connectivity index (χ3n) is 3.59. The molecule has 18 heavy (non-hydrogen) atoms. The Bertz CT molecular complexity index is 354. The number of nitrogens with zero attached hydrogens (tertiary/aromatic N) is 1. The molecule has 0 bridgehead atoms. The van der Waals surface area contributed by atoms with Crippen LogP contribution in [0.3, 0.4) is 0 Å². The molecule has 1 spiro atoms. The number of amides is 1. The smallest absolute Gasteiger partial charge is 0.410 e. The van der Waals surface area contributed by atoms with E-state index in [1.807, 2.05) is 0 Å². The third kappa shape index (κ3) is 2.30. The summed E-state index contributed by atoms with van der Waals surface area (Å²) in [6.45, 7) is 5.68. The van der Waals surface area contributed by atoms with Gasteiger partial charge in [0.15, 0.2) is 0 Å². The van der Waals surface area contributed by atoms with Crippen molar-refractivity contribution in [2.75, 3.05) is 26.2 Å². The van der Waals surface area contributed by atoms with Gasteiger partial charge in [0.1, 0.15) is 5.60 Å². The molecule has 0 radical (unpaired) electrons. The van der Waals surface area contributed by atoms with E-state index in [4.69, 9.17) is 4.74 Å². The van der Waals surface area contributed by atoms with Crippen LogP contribution in [0.5, 0.6) is 0 Å². The number of hydrogen-bond donors (Lipinski definition) is 1. The molecule has 2 saturated heterocycles. The van der Waals surface area contributed by atoms with Gasteiger partial charge in [0.05, 0.1) is 12.0 Å². The average Bonchev–Trinajstić information content (AvgIpc) is 2.71. The topological polar surface area (TPSA) is 41.6 Å². The second-order valence-electron chi connectivity index (χ2n) is 6.24. The van der Waals surface area contributed by atoms with Crippen molar-refractivity contribution in [1.82, 2.24) is 10.2 Å². The number of ether oxygens (including phenoxy) is 1. The largest absolute Gasteiger partial charge is 0.444 e. The summed E-state index contributed by atoms with van der Waals surface area (Å²) < 4.78 is 32.9. The molecule has 2 rings (SSSR count). The van der Waals surface area contributed by atoms with Crippen molar-refractivity contribution in [3.8, 4) is 0 Å². The minimum absolute atomic E-state index is 0.0713. The predicted molar refractivity (Wildman–Crippen MR) is 62.7 cm³/mol. The second-order valence-corrected chi connectivity index (χ2v) is 6.24. The van der Waals surface area contributed by atoms with Crippen LogP contribution in [0.15, 0.2) is 0 Å². The van der Waals surface area contributed by atoms with Gasteiger partial charge in [0.25, 0.3) is 5.92 Å². The van der Waals surface area contributed by atoms with Gasteiger partial charge in [-0.3, -0.25) is 0 Å². The molecule has 1 atom stereocenters. The summed E-state index contributed by atoms with van der Waals surface area (Å²) in [6.07, 6.45) is -0.172. The molecule has 4 nitrogen and oxygen atoms in total. The first-order chi connectivity index (χ1) is 8.15. The van der Waals surface area contributed by atoms with Crippen LogP contribution in [0.4, 0.5) is 13.6 Å². The van der Waals surface area contributed by atoms with Crippen molar-refractivity contribution in [1.29, 1.82) is 0 Å². The normalized spacial score (nSPS) is 31.1. The van der Waals surface area contributed by atoms with Crippen LogP contribution in [0.2, 0.25) is 0 Å². The van der Waals surface area contributed by atoms with Crippen LogP contribution in [0.25, 0.3) is 0 Å². The van der Waals surface area contributed by atoms with Crippen LogP contribution >= 0.6 is 0 Å². The molecule has 2 heterocycles. The van der Waals surface area contributed by atoms with Crippen molar-refractivity contribution in [3.63, 3.8) is 0 Å². The van der Waals surface area contributed by atoms with Gasteiger partial charge >= 0.3 is 6.09 Å². The lowest BCUT2D eigenvalue weighted by Gasteiger charge is -2.30. The van der Waals surface area contributed by atoms with Gasteiger partial charge in [0.2, 0.25) is 0 Å². The highest BCUT2D eigenvalue weighted by atomic mass is 19.3. The van der Waals surface area contributed by atoms with E-state index < -0.39 is 23.0 Å². The first-order valence-corrected chi connectivity index (χ1v) is 6.22. The van der Waals surface area contributed by atoms with E-state index in [1.165, 1.54) is 4.90 Å². The summed E-state index contributed by atoms with van der Waals surface area (Å²) in [4.78, 5) is 13.2. The van der Waals surface area contributed by atoms with Crippen molar-refractivity contribution < 1.29 is 18.3 Å². The van der Waals surface area contributed by atoms with E-state index in [2.05, 4.69) is 5.32 Å². The van der Waals surface area contributed by atoms with E-state index in [-0.39, 0.29) is 19.6 Å². The van der Waals surface area contributed by atoms with Crippen molar-refractivity contribution in [2.24, 2.45) is 5.41 Å². The number of halogens is 2. The lowest BCUT2D eigenvalue weighted by molar-refractivity contribution is -0.0774. The predicted octanol–water partition coefficient (Wildman–Crippen LogP) is 1.85. The molecule has 2 aliphatic heterocycles. The van der Waals surface area contributed by atoms with Gasteiger partial charge in [-0.25, -0.2) is 13.6 Å². The molecule has 1 N–H and O–H groups in total. The van der Waals surface area contributed by atoms with E-state index in [0.717, 1.165) is 0 Å². The van der Waals surface area contributed by atoms with Gasteiger partial charge in [-0.1, -0.05) is 0 Å². The van der Waals surface area contributed by atoms with Crippen molar-refractivity contribution in [2.45, 2.75) is 38.7 Å². The fraction of sp³-hybridized carbons (Fsp3) is 0.917. The number of rotatable bonds is 0. The average molecular weight is 262 g/mol. The van der Waals surface area contributed by atoms with Gasteiger partial charge in [-0.05, 0) is 27.2 Å². The first kappa shape index (κ1) is 13.5. The summed E-state index contributed by atoms with van der Waals surface area (Å²) in [5.41, 5.74) is -1.70. The Hall–Kier alpha value is -0.910. The molecule has 0 saturated carbocycles. The molecule has 2 aliphatic rings. The molecule has 2 fully saturated rings. The Morgan fingerprint density at radius 1 is 1.33 bits per heavy atom. The zero-order valence-corrected chi connectivity index (χ0v) is 11.1. The minimum atomic E-state index is -2.75. The molecule has 1 unspecified atom stereocenters. The lowest BCUT2D eigenvalue weighted by Crippen LogP contribution is -2.44. The van der Waals surface area contributed by atoms with Gasteiger partial charge in [-0.15, -0.1) is 0 Å². The van der Waals surface area contributed by atoms with E-state index in [1.54, 1.807) is 20.8 Å². The van der Waals surface area contributed by atoms with Gasteiger partial charge in [0, 0.05) is 19.6 Å². The van der Waals surface area contributed by atoms with Crippen molar-refractivity contribution >= 4 is 6.09 Å². The Kier molecular flexibility index (Phi) is 3.04. The third-order valence-corrected chi connectivity index (χ3v) is 3.59. The Morgan fingerprint density at radius 3 is 2.50 bits per heavy atom. The number of carbonyl (C=O) groups is 1. The first-order valence-electron chi connectivity index (χ1n) is 6.22. The highest BCUT2D eigenvalue weighted by molar-refractivity contribution is 5.68. The van der Waals surface area contributed by atoms with Crippen LogP contribution in [-0.4, -0.2) is 48.7 Å². The number of alkyl halides is 2. The summed E-state index contributed by atoms with van der Waals surface area (Å²) >= 11 is 0. The molecule has 0 aromatic carbocycles. The van der Waals surface area contributed by atoms with Crippen LogP contribution in [0, 0.1) is 5.41 Å². The quantitative estimate of drug-likeness (QED) is 0.724. The fourth-order valence-corrected chi connectivity index (χ4v) is 2.57. The van der Waals surface area contributed by atoms with Crippen LogP contribution in [-0.2, 0) is 4.74 Å². The number of hydrogen-bond acceptors (Lipinski definition) is 3. The van der Waals surface area contributed by atoms with E-state index >= 15 is 0 Å². The number of likely N-dealkylation sites (tertiary alicyclic amines) is 1. The molecule has 0 aliphatic carbocycles. The van der Waals surface area contributed by atoms with Crippen LogP contribution in [0.1, 0.15) is 27.2 Å². The van der Waals surface area contributed by atoms with E-state index in [0.29, 0.717) is 13.0 Å². The molecular weight excluding hydrogens is 242 g/mol. The number of nitrogens with one attached hydrogen (secondary N) is 1. The zero-order chi connectivity index (χ0) is 13.6. The van der Waals surface area contributed by atoms with E-state index in [9.17, 15) is 13.6 Å². The summed E-state index contributed by atoms with van der Waals surface area (Å²) in [5, 5.41) is 2.72. The van der Waals surface area contributed by atoms with Crippen molar-refractivity contribution in [3.05, 3.63) is 0 Å². The van der Waals surface area contributed by atoms with Gasteiger partial charge < -0.3 is 15.0 Å². The molecule has 6 heteroatoms. The monoisotopic (exact) mass is 262 g/mol. The Balaban J connectivity index is 2.03. The molecule has 1 amide bonds. The maximum atomic E-state index is 13.8. The molecule has 0 aromatic heterocycles. The number of carbonyl (C=O) groups excluding carboxylic acids is 1. The molecule has 0 aromatic rings.